The lowest BCUT2D eigenvalue weighted by atomic mass is 10.2. The number of ether oxygens (including phenoxy) is 2. The summed E-state index contributed by atoms with van der Waals surface area (Å²) in [6, 6.07) is 4.00. The fourth-order valence-electron chi connectivity index (χ4n) is 2.73. The van der Waals surface area contributed by atoms with Crippen molar-refractivity contribution in [3.05, 3.63) is 23.9 Å². The average molecular weight is 462 g/mol. The van der Waals surface area contributed by atoms with Crippen molar-refractivity contribution >= 4 is 29.9 Å². The number of pyridine rings is 1. The molecule has 0 aliphatic heterocycles. The largest absolute Gasteiger partial charge is 0.474 e. The van der Waals surface area contributed by atoms with Gasteiger partial charge in [0.25, 0.3) is 0 Å². The van der Waals surface area contributed by atoms with Crippen molar-refractivity contribution in [2.24, 2.45) is 4.99 Å². The van der Waals surface area contributed by atoms with Crippen LogP contribution < -0.4 is 15.4 Å². The topological polar surface area (TPSA) is 67.8 Å². The quantitative estimate of drug-likeness (QED) is 0.256. The molecule has 0 saturated heterocycles. The summed E-state index contributed by atoms with van der Waals surface area (Å²) in [6.45, 7) is 5.07. The van der Waals surface area contributed by atoms with E-state index in [9.17, 15) is 0 Å². The Morgan fingerprint density at radius 2 is 2.12 bits per heavy atom. The van der Waals surface area contributed by atoms with Gasteiger partial charge in [-0.15, -0.1) is 24.0 Å². The molecule has 1 aromatic heterocycles. The summed E-state index contributed by atoms with van der Waals surface area (Å²) in [5, 5.41) is 6.60. The molecule has 0 amide bonds. The molecule has 1 heterocycles. The molecule has 7 heteroatoms. The fraction of sp³-hybridized carbons (Fsp3) is 0.667. The summed E-state index contributed by atoms with van der Waals surface area (Å²) in [5.41, 5.74) is 1.13. The van der Waals surface area contributed by atoms with Crippen LogP contribution in [0.2, 0.25) is 0 Å². The van der Waals surface area contributed by atoms with Gasteiger partial charge >= 0.3 is 0 Å². The van der Waals surface area contributed by atoms with Crippen LogP contribution in [0.5, 0.6) is 5.88 Å². The minimum atomic E-state index is 0. The normalized spacial score (nSPS) is 14.9. The van der Waals surface area contributed by atoms with E-state index in [2.05, 4.69) is 20.6 Å². The molecule has 1 aromatic rings. The number of nitrogens with one attached hydrogen (secondary N) is 2. The summed E-state index contributed by atoms with van der Waals surface area (Å²) >= 11 is 0. The first-order valence-electron chi connectivity index (χ1n) is 8.95. The molecule has 1 aliphatic rings. The summed E-state index contributed by atoms with van der Waals surface area (Å²) in [6.07, 6.45) is 7.91. The van der Waals surface area contributed by atoms with E-state index in [-0.39, 0.29) is 24.0 Å². The molecule has 1 aliphatic carbocycles. The second-order valence-corrected chi connectivity index (χ2v) is 5.93. The van der Waals surface area contributed by atoms with Crippen molar-refractivity contribution in [1.29, 1.82) is 0 Å². The van der Waals surface area contributed by atoms with Gasteiger partial charge in [-0.05, 0) is 50.7 Å². The first-order valence-corrected chi connectivity index (χ1v) is 8.95. The van der Waals surface area contributed by atoms with Gasteiger partial charge in [0.2, 0.25) is 5.88 Å². The molecule has 142 valence electrons. The zero-order chi connectivity index (χ0) is 17.0. The van der Waals surface area contributed by atoms with E-state index in [1.807, 2.05) is 19.1 Å². The predicted octanol–water partition coefficient (Wildman–Crippen LogP) is 3.11. The van der Waals surface area contributed by atoms with E-state index in [1.54, 1.807) is 13.2 Å². The van der Waals surface area contributed by atoms with E-state index >= 15 is 0 Å². The van der Waals surface area contributed by atoms with Crippen LogP contribution in [-0.4, -0.2) is 43.9 Å². The first kappa shape index (κ1) is 22.0. The van der Waals surface area contributed by atoms with Crippen molar-refractivity contribution in [3.8, 4) is 5.88 Å². The van der Waals surface area contributed by atoms with Crippen LogP contribution >= 0.6 is 24.0 Å². The Kier molecular flexibility index (Phi) is 11.6. The van der Waals surface area contributed by atoms with Crippen LogP contribution in [0.1, 0.15) is 44.6 Å². The van der Waals surface area contributed by atoms with Crippen LogP contribution in [0.25, 0.3) is 0 Å². The Balaban J connectivity index is 0.00000312. The van der Waals surface area contributed by atoms with Gasteiger partial charge in [0.05, 0.1) is 0 Å². The zero-order valence-electron chi connectivity index (χ0n) is 15.3. The standard InChI is InChI=1S/C18H30N4O2.HI/c1-3-23-12-6-10-21-18(19-2)22-14-15-9-11-20-17(13-15)24-16-7-4-5-8-16;/h9,11,13,16H,3-8,10,12,14H2,1-2H3,(H2,19,21,22);1H. The molecule has 1 saturated carbocycles. The van der Waals surface area contributed by atoms with Gasteiger partial charge in [0.1, 0.15) is 6.10 Å². The maximum Gasteiger partial charge on any atom is 0.213 e. The molecular weight excluding hydrogens is 431 g/mol. The fourth-order valence-corrected chi connectivity index (χ4v) is 2.73. The maximum atomic E-state index is 5.95. The highest BCUT2D eigenvalue weighted by Crippen LogP contribution is 2.23. The Morgan fingerprint density at radius 3 is 2.84 bits per heavy atom. The molecule has 0 atom stereocenters. The highest BCUT2D eigenvalue weighted by atomic mass is 127. The zero-order valence-corrected chi connectivity index (χ0v) is 17.6. The lowest BCUT2D eigenvalue weighted by Gasteiger charge is -2.14. The van der Waals surface area contributed by atoms with E-state index in [0.29, 0.717) is 12.6 Å². The highest BCUT2D eigenvalue weighted by Gasteiger charge is 2.16. The van der Waals surface area contributed by atoms with Gasteiger partial charge in [0, 0.05) is 45.6 Å². The van der Waals surface area contributed by atoms with Gasteiger partial charge in [0.15, 0.2) is 5.96 Å². The summed E-state index contributed by atoms with van der Waals surface area (Å²) in [7, 11) is 1.78. The third-order valence-corrected chi connectivity index (χ3v) is 4.03. The predicted molar refractivity (Wildman–Crippen MR) is 112 cm³/mol. The van der Waals surface area contributed by atoms with Crippen LogP contribution in [0, 0.1) is 0 Å². The summed E-state index contributed by atoms with van der Waals surface area (Å²) in [5.74, 6) is 1.52. The maximum absolute atomic E-state index is 5.95. The Hall–Kier alpha value is -1.09. The van der Waals surface area contributed by atoms with Gasteiger partial charge in [-0.25, -0.2) is 4.98 Å². The number of rotatable bonds is 9. The van der Waals surface area contributed by atoms with Crippen LogP contribution in [0.15, 0.2) is 23.3 Å². The number of guanidine groups is 1. The number of aromatic nitrogens is 1. The third kappa shape index (κ3) is 8.71. The molecule has 1 fully saturated rings. The van der Waals surface area contributed by atoms with E-state index in [4.69, 9.17) is 9.47 Å². The van der Waals surface area contributed by atoms with Gasteiger partial charge in [-0.3, -0.25) is 4.99 Å². The number of aliphatic imine (C=N–C) groups is 1. The number of nitrogens with zero attached hydrogens (tertiary/aromatic N) is 2. The molecular formula is C18H31IN4O2. The Labute approximate surface area is 168 Å². The van der Waals surface area contributed by atoms with Crippen LogP contribution in [-0.2, 0) is 11.3 Å². The minimum absolute atomic E-state index is 0. The molecule has 0 aromatic carbocycles. The minimum Gasteiger partial charge on any atom is -0.474 e. The SMILES string of the molecule is CCOCCCNC(=NC)NCc1ccnc(OC2CCCC2)c1.I. The molecule has 0 bridgehead atoms. The molecule has 6 nitrogen and oxygen atoms in total. The van der Waals surface area contributed by atoms with E-state index < -0.39 is 0 Å². The summed E-state index contributed by atoms with van der Waals surface area (Å²) in [4.78, 5) is 8.55. The molecule has 2 N–H and O–H groups in total. The van der Waals surface area contributed by atoms with Crippen molar-refractivity contribution in [2.75, 3.05) is 26.8 Å². The van der Waals surface area contributed by atoms with Gasteiger partial charge in [-0.1, -0.05) is 0 Å². The second kappa shape index (κ2) is 13.2. The number of hydrogen-bond acceptors (Lipinski definition) is 4. The van der Waals surface area contributed by atoms with Crippen LogP contribution in [0.4, 0.5) is 0 Å². The Bertz CT molecular complexity index is 508. The van der Waals surface area contributed by atoms with E-state index in [1.165, 1.54) is 12.8 Å². The number of hydrogen-bond donors (Lipinski definition) is 2. The third-order valence-electron chi connectivity index (χ3n) is 4.03. The van der Waals surface area contributed by atoms with Crippen LogP contribution in [0.3, 0.4) is 0 Å². The molecule has 2 rings (SSSR count). The monoisotopic (exact) mass is 462 g/mol. The first-order chi connectivity index (χ1) is 11.8. The lowest BCUT2D eigenvalue weighted by Crippen LogP contribution is -2.37. The van der Waals surface area contributed by atoms with Gasteiger partial charge in [-0.2, -0.15) is 0 Å². The van der Waals surface area contributed by atoms with Crippen molar-refractivity contribution in [1.82, 2.24) is 15.6 Å². The van der Waals surface area contributed by atoms with Gasteiger partial charge < -0.3 is 20.1 Å². The Morgan fingerprint density at radius 1 is 1.32 bits per heavy atom. The van der Waals surface area contributed by atoms with Crippen molar-refractivity contribution < 1.29 is 9.47 Å². The van der Waals surface area contributed by atoms with Crippen molar-refractivity contribution in [2.45, 2.75) is 51.7 Å². The smallest absolute Gasteiger partial charge is 0.213 e. The molecule has 0 radical (unpaired) electrons. The molecule has 0 unspecified atom stereocenters. The molecule has 0 spiro atoms. The lowest BCUT2D eigenvalue weighted by molar-refractivity contribution is 0.145. The second-order valence-electron chi connectivity index (χ2n) is 5.93. The number of halogens is 1. The molecule has 25 heavy (non-hydrogen) atoms. The summed E-state index contributed by atoms with van der Waals surface area (Å²) < 4.78 is 11.3. The van der Waals surface area contributed by atoms with Crippen molar-refractivity contribution in [3.63, 3.8) is 0 Å². The highest BCUT2D eigenvalue weighted by molar-refractivity contribution is 14.0. The van der Waals surface area contributed by atoms with E-state index in [0.717, 1.165) is 56.4 Å². The average Bonchev–Trinajstić information content (AvgIpc) is 3.11.